The minimum atomic E-state index is -0.106. The summed E-state index contributed by atoms with van der Waals surface area (Å²) in [4.78, 5) is 17.7. The SMILES string of the molecule is COc1cccc(OCCNC(=O)c2ccccc2SCc2cscn2)c1. The highest BCUT2D eigenvalue weighted by Gasteiger charge is 2.11. The summed E-state index contributed by atoms with van der Waals surface area (Å²) in [5.74, 6) is 2.09. The van der Waals surface area contributed by atoms with E-state index in [9.17, 15) is 4.79 Å². The fourth-order valence-electron chi connectivity index (χ4n) is 2.36. The first-order valence-electron chi connectivity index (χ1n) is 8.40. The summed E-state index contributed by atoms with van der Waals surface area (Å²) in [5.41, 5.74) is 3.50. The summed E-state index contributed by atoms with van der Waals surface area (Å²) in [6.45, 7) is 0.800. The number of aromatic nitrogens is 1. The number of amides is 1. The van der Waals surface area contributed by atoms with Crippen molar-refractivity contribution < 1.29 is 14.3 Å². The van der Waals surface area contributed by atoms with E-state index in [0.29, 0.717) is 24.5 Å². The van der Waals surface area contributed by atoms with Gasteiger partial charge in [0.05, 0.1) is 30.4 Å². The van der Waals surface area contributed by atoms with Crippen molar-refractivity contribution >= 4 is 29.0 Å². The van der Waals surface area contributed by atoms with Gasteiger partial charge >= 0.3 is 0 Å². The second-order valence-corrected chi connectivity index (χ2v) is 7.28. The van der Waals surface area contributed by atoms with Crippen molar-refractivity contribution in [3.63, 3.8) is 0 Å². The van der Waals surface area contributed by atoms with Crippen LogP contribution in [0.25, 0.3) is 0 Å². The Balaban J connectivity index is 1.50. The zero-order valence-electron chi connectivity index (χ0n) is 14.9. The quantitative estimate of drug-likeness (QED) is 0.430. The molecule has 2 aromatic carbocycles. The maximum Gasteiger partial charge on any atom is 0.252 e. The van der Waals surface area contributed by atoms with E-state index in [4.69, 9.17) is 9.47 Å². The van der Waals surface area contributed by atoms with Gasteiger partial charge < -0.3 is 14.8 Å². The number of nitrogens with one attached hydrogen (secondary N) is 1. The number of methoxy groups -OCH3 is 1. The molecule has 0 fully saturated rings. The van der Waals surface area contributed by atoms with Crippen molar-refractivity contribution in [1.29, 1.82) is 0 Å². The average Bonchev–Trinajstić information content (AvgIpc) is 3.23. The van der Waals surface area contributed by atoms with Gasteiger partial charge in [-0.25, -0.2) is 4.98 Å². The van der Waals surface area contributed by atoms with E-state index in [0.717, 1.165) is 22.1 Å². The Kier molecular flexibility index (Phi) is 7.12. The van der Waals surface area contributed by atoms with Gasteiger partial charge in [0.1, 0.15) is 18.1 Å². The molecule has 1 heterocycles. The van der Waals surface area contributed by atoms with Crippen molar-refractivity contribution in [2.75, 3.05) is 20.3 Å². The molecule has 3 aromatic rings. The molecule has 3 rings (SSSR count). The lowest BCUT2D eigenvalue weighted by atomic mass is 10.2. The Hall–Kier alpha value is -2.51. The number of carbonyl (C=O) groups is 1. The summed E-state index contributed by atoms with van der Waals surface area (Å²) in [5, 5.41) is 4.93. The third kappa shape index (κ3) is 5.74. The molecule has 1 N–H and O–H groups in total. The van der Waals surface area contributed by atoms with Gasteiger partial charge in [0.15, 0.2) is 0 Å². The molecule has 0 unspecified atom stereocenters. The Morgan fingerprint density at radius 2 is 2.04 bits per heavy atom. The van der Waals surface area contributed by atoms with Crippen molar-refractivity contribution in [2.45, 2.75) is 10.6 Å². The van der Waals surface area contributed by atoms with E-state index in [1.54, 1.807) is 30.2 Å². The second kappa shape index (κ2) is 9.99. The van der Waals surface area contributed by atoms with E-state index in [-0.39, 0.29) is 5.91 Å². The first-order chi connectivity index (χ1) is 13.3. The third-order valence-corrected chi connectivity index (χ3v) is 5.43. The first-order valence-corrected chi connectivity index (χ1v) is 10.3. The predicted octanol–water partition coefficient (Wildman–Crippen LogP) is 4.25. The van der Waals surface area contributed by atoms with Crippen LogP contribution in [0.2, 0.25) is 0 Å². The molecule has 0 spiro atoms. The number of nitrogens with zero attached hydrogens (tertiary/aromatic N) is 1. The molecule has 0 aliphatic rings. The maximum atomic E-state index is 12.5. The molecule has 0 aliphatic carbocycles. The van der Waals surface area contributed by atoms with Crippen LogP contribution in [0.4, 0.5) is 0 Å². The number of hydrogen-bond acceptors (Lipinski definition) is 6. The summed E-state index contributed by atoms with van der Waals surface area (Å²) in [7, 11) is 1.61. The highest BCUT2D eigenvalue weighted by atomic mass is 32.2. The Morgan fingerprint density at radius 3 is 2.85 bits per heavy atom. The predicted molar refractivity (Wildman–Crippen MR) is 109 cm³/mol. The van der Waals surface area contributed by atoms with Gasteiger partial charge in [0.2, 0.25) is 0 Å². The molecule has 0 radical (unpaired) electrons. The number of carbonyl (C=O) groups excluding carboxylic acids is 1. The molecule has 0 aliphatic heterocycles. The summed E-state index contributed by atoms with van der Waals surface area (Å²) in [6.07, 6.45) is 0. The van der Waals surface area contributed by atoms with Crippen molar-refractivity contribution in [1.82, 2.24) is 10.3 Å². The van der Waals surface area contributed by atoms with Gasteiger partial charge in [0.25, 0.3) is 5.91 Å². The summed E-state index contributed by atoms with van der Waals surface area (Å²) in [6, 6.07) is 15.0. The molecule has 7 heteroatoms. The highest BCUT2D eigenvalue weighted by molar-refractivity contribution is 7.98. The van der Waals surface area contributed by atoms with Crippen molar-refractivity contribution in [2.24, 2.45) is 0 Å². The molecule has 1 aromatic heterocycles. The van der Waals surface area contributed by atoms with E-state index < -0.39 is 0 Å². The minimum Gasteiger partial charge on any atom is -0.497 e. The van der Waals surface area contributed by atoms with E-state index >= 15 is 0 Å². The Morgan fingerprint density at radius 1 is 1.19 bits per heavy atom. The van der Waals surface area contributed by atoms with Crippen LogP contribution in [0.1, 0.15) is 16.1 Å². The summed E-state index contributed by atoms with van der Waals surface area (Å²) >= 11 is 3.19. The van der Waals surface area contributed by atoms with Crippen LogP contribution in [-0.2, 0) is 5.75 Å². The van der Waals surface area contributed by atoms with Crippen LogP contribution >= 0.6 is 23.1 Å². The third-order valence-electron chi connectivity index (χ3n) is 3.69. The number of ether oxygens (including phenoxy) is 2. The molecular formula is C20H20N2O3S2. The van der Waals surface area contributed by atoms with Crippen LogP contribution in [0.3, 0.4) is 0 Å². The topological polar surface area (TPSA) is 60.5 Å². The van der Waals surface area contributed by atoms with Crippen molar-refractivity contribution in [3.8, 4) is 11.5 Å². The van der Waals surface area contributed by atoms with Gasteiger partial charge in [-0.15, -0.1) is 23.1 Å². The molecular weight excluding hydrogens is 380 g/mol. The van der Waals surface area contributed by atoms with Crippen LogP contribution < -0.4 is 14.8 Å². The van der Waals surface area contributed by atoms with Crippen LogP contribution in [0.15, 0.2) is 64.3 Å². The lowest BCUT2D eigenvalue weighted by molar-refractivity contribution is 0.0944. The van der Waals surface area contributed by atoms with Gasteiger partial charge in [-0.2, -0.15) is 0 Å². The van der Waals surface area contributed by atoms with E-state index in [1.807, 2.05) is 59.4 Å². The van der Waals surface area contributed by atoms with E-state index in [2.05, 4.69) is 10.3 Å². The molecule has 0 saturated heterocycles. The minimum absolute atomic E-state index is 0.106. The van der Waals surface area contributed by atoms with Gasteiger partial charge in [0, 0.05) is 22.1 Å². The van der Waals surface area contributed by atoms with Gasteiger partial charge in [-0.1, -0.05) is 18.2 Å². The zero-order chi connectivity index (χ0) is 18.9. The molecule has 5 nitrogen and oxygen atoms in total. The smallest absolute Gasteiger partial charge is 0.252 e. The maximum absolute atomic E-state index is 12.5. The number of benzene rings is 2. The van der Waals surface area contributed by atoms with E-state index in [1.165, 1.54) is 0 Å². The zero-order valence-corrected chi connectivity index (χ0v) is 16.5. The molecule has 27 heavy (non-hydrogen) atoms. The highest BCUT2D eigenvalue weighted by Crippen LogP contribution is 2.26. The molecule has 1 amide bonds. The molecule has 0 saturated carbocycles. The molecule has 0 bridgehead atoms. The van der Waals surface area contributed by atoms with Gasteiger partial charge in [-0.05, 0) is 24.3 Å². The normalized spacial score (nSPS) is 10.4. The number of thioether (sulfide) groups is 1. The lowest BCUT2D eigenvalue weighted by Crippen LogP contribution is -2.28. The monoisotopic (exact) mass is 400 g/mol. The fraction of sp³-hybridized carbons (Fsp3) is 0.200. The lowest BCUT2D eigenvalue weighted by Gasteiger charge is -2.11. The largest absolute Gasteiger partial charge is 0.497 e. The van der Waals surface area contributed by atoms with Crippen molar-refractivity contribution in [3.05, 3.63) is 70.7 Å². The Bertz CT molecular complexity index is 869. The van der Waals surface area contributed by atoms with Crippen LogP contribution in [-0.4, -0.2) is 31.2 Å². The fourth-order valence-corrected chi connectivity index (χ4v) is 3.98. The Labute approximate surface area is 166 Å². The number of thiazole rings is 1. The molecule has 0 atom stereocenters. The van der Waals surface area contributed by atoms with Gasteiger partial charge in [-0.3, -0.25) is 4.79 Å². The average molecular weight is 401 g/mol. The number of hydrogen-bond donors (Lipinski definition) is 1. The standard InChI is InChI=1S/C20H20N2O3S2/c1-24-16-5-4-6-17(11-16)25-10-9-21-20(23)18-7-2-3-8-19(18)27-13-15-12-26-14-22-15/h2-8,11-12,14H,9-10,13H2,1H3,(H,21,23). The van der Waals surface area contributed by atoms with Crippen LogP contribution in [0, 0.1) is 0 Å². The first kappa shape index (κ1) is 19.3. The number of rotatable bonds is 9. The summed E-state index contributed by atoms with van der Waals surface area (Å²) < 4.78 is 10.8. The second-order valence-electron chi connectivity index (χ2n) is 5.55. The van der Waals surface area contributed by atoms with Crippen LogP contribution in [0.5, 0.6) is 11.5 Å². The molecule has 140 valence electrons.